The molecule has 1 atom stereocenters. The Morgan fingerprint density at radius 3 is 2.63 bits per heavy atom. The first kappa shape index (κ1) is 19.6. The molecule has 27 heavy (non-hydrogen) atoms. The van der Waals surface area contributed by atoms with Crippen LogP contribution in [0.3, 0.4) is 0 Å². The second kappa shape index (κ2) is 7.46. The lowest BCUT2D eigenvalue weighted by molar-refractivity contribution is -0.116. The van der Waals surface area contributed by atoms with E-state index in [9.17, 15) is 13.2 Å². The molecule has 1 saturated heterocycles. The lowest BCUT2D eigenvalue weighted by atomic mass is 10.1. The van der Waals surface area contributed by atoms with Gasteiger partial charge in [0.1, 0.15) is 5.82 Å². The molecule has 2 aromatic rings. The molecule has 0 bridgehead atoms. The molecule has 0 aromatic carbocycles. The highest BCUT2D eigenvalue weighted by Crippen LogP contribution is 2.27. The first-order valence-electron chi connectivity index (χ1n) is 9.29. The van der Waals surface area contributed by atoms with Crippen molar-refractivity contribution in [3.8, 4) is 0 Å². The van der Waals surface area contributed by atoms with Gasteiger partial charge in [0.25, 0.3) is 0 Å². The number of amides is 1. The number of aromatic nitrogens is 4. The Balaban J connectivity index is 1.68. The van der Waals surface area contributed by atoms with E-state index in [1.54, 1.807) is 10.7 Å². The quantitative estimate of drug-likeness (QED) is 0.809. The van der Waals surface area contributed by atoms with Gasteiger partial charge < -0.3 is 5.32 Å². The van der Waals surface area contributed by atoms with Gasteiger partial charge in [-0.05, 0) is 46.1 Å². The van der Waals surface area contributed by atoms with E-state index in [4.69, 9.17) is 0 Å². The third-order valence-electron chi connectivity index (χ3n) is 5.11. The Hall–Kier alpha value is -2.16. The predicted octanol–water partition coefficient (Wildman–Crippen LogP) is 1.96. The van der Waals surface area contributed by atoms with E-state index in [0.29, 0.717) is 25.1 Å². The predicted molar refractivity (Wildman–Crippen MR) is 104 cm³/mol. The summed E-state index contributed by atoms with van der Waals surface area (Å²) in [5.41, 5.74) is 3.92. The lowest BCUT2D eigenvalue weighted by Crippen LogP contribution is -2.20. The van der Waals surface area contributed by atoms with E-state index in [-0.39, 0.29) is 23.5 Å². The van der Waals surface area contributed by atoms with E-state index in [2.05, 4.69) is 15.5 Å². The van der Waals surface area contributed by atoms with Crippen molar-refractivity contribution in [3.63, 3.8) is 0 Å². The second-order valence-corrected chi connectivity index (χ2v) is 9.41. The SMILES string of the molecule is CCn1nc(C)c(CCC(=O)Nc2cc(C)nn2[C@@H]2CCS(=O)(=O)C2)c1C. The first-order chi connectivity index (χ1) is 12.7. The Kier molecular flexibility index (Phi) is 5.41. The Morgan fingerprint density at radius 1 is 1.30 bits per heavy atom. The number of rotatable bonds is 6. The van der Waals surface area contributed by atoms with Gasteiger partial charge in [-0.25, -0.2) is 13.1 Å². The maximum atomic E-state index is 12.5. The zero-order valence-corrected chi connectivity index (χ0v) is 17.1. The van der Waals surface area contributed by atoms with Crippen LogP contribution in [0.15, 0.2) is 6.07 Å². The van der Waals surface area contributed by atoms with E-state index < -0.39 is 9.84 Å². The molecule has 148 valence electrons. The highest BCUT2D eigenvalue weighted by atomic mass is 32.2. The van der Waals surface area contributed by atoms with Gasteiger partial charge in [0.05, 0.1) is 28.9 Å². The molecule has 0 spiro atoms. The number of nitrogens with one attached hydrogen (secondary N) is 1. The molecule has 3 heterocycles. The van der Waals surface area contributed by atoms with Crippen LogP contribution in [-0.2, 0) is 27.6 Å². The van der Waals surface area contributed by atoms with Gasteiger partial charge in [-0.15, -0.1) is 0 Å². The van der Waals surface area contributed by atoms with E-state index in [1.807, 2.05) is 32.4 Å². The lowest BCUT2D eigenvalue weighted by Gasteiger charge is -2.13. The zero-order valence-electron chi connectivity index (χ0n) is 16.3. The molecule has 2 aromatic heterocycles. The van der Waals surface area contributed by atoms with Crippen molar-refractivity contribution >= 4 is 21.6 Å². The average molecular weight is 394 g/mol. The molecular weight excluding hydrogens is 366 g/mol. The number of anilines is 1. The average Bonchev–Trinajstić information content (AvgIpc) is 3.21. The maximum Gasteiger partial charge on any atom is 0.225 e. The summed E-state index contributed by atoms with van der Waals surface area (Å²) in [5, 5.41) is 11.8. The number of aryl methyl sites for hydroxylation is 3. The van der Waals surface area contributed by atoms with Crippen LogP contribution in [0, 0.1) is 20.8 Å². The largest absolute Gasteiger partial charge is 0.311 e. The molecule has 0 radical (unpaired) electrons. The summed E-state index contributed by atoms with van der Waals surface area (Å²) in [6, 6.07) is 1.57. The van der Waals surface area contributed by atoms with Crippen molar-refractivity contribution in [1.82, 2.24) is 19.6 Å². The Morgan fingerprint density at radius 2 is 2.04 bits per heavy atom. The number of hydrogen-bond donors (Lipinski definition) is 1. The maximum absolute atomic E-state index is 12.5. The molecule has 8 nitrogen and oxygen atoms in total. The second-order valence-electron chi connectivity index (χ2n) is 7.19. The number of sulfone groups is 1. The zero-order chi connectivity index (χ0) is 19.8. The molecule has 1 aliphatic heterocycles. The van der Waals surface area contributed by atoms with Gasteiger partial charge in [-0.1, -0.05) is 0 Å². The van der Waals surface area contributed by atoms with Gasteiger partial charge in [0.2, 0.25) is 5.91 Å². The van der Waals surface area contributed by atoms with E-state index >= 15 is 0 Å². The van der Waals surface area contributed by atoms with Crippen molar-refractivity contribution in [2.75, 3.05) is 16.8 Å². The minimum atomic E-state index is -3.02. The van der Waals surface area contributed by atoms with Crippen LogP contribution in [0.25, 0.3) is 0 Å². The fourth-order valence-electron chi connectivity index (χ4n) is 3.70. The fourth-order valence-corrected chi connectivity index (χ4v) is 5.40. The Bertz CT molecular complexity index is 958. The van der Waals surface area contributed by atoms with Crippen molar-refractivity contribution in [2.45, 2.75) is 59.5 Å². The summed E-state index contributed by atoms with van der Waals surface area (Å²) < 4.78 is 27.1. The van der Waals surface area contributed by atoms with Crippen molar-refractivity contribution in [2.24, 2.45) is 0 Å². The van der Waals surface area contributed by atoms with Gasteiger partial charge in [-0.2, -0.15) is 10.2 Å². The minimum absolute atomic E-state index is 0.0750. The molecule has 1 N–H and O–H groups in total. The van der Waals surface area contributed by atoms with Gasteiger partial charge in [-0.3, -0.25) is 9.48 Å². The van der Waals surface area contributed by atoms with Crippen LogP contribution < -0.4 is 5.32 Å². The van der Waals surface area contributed by atoms with Gasteiger partial charge in [0.15, 0.2) is 9.84 Å². The number of hydrogen-bond acceptors (Lipinski definition) is 5. The van der Waals surface area contributed by atoms with Crippen LogP contribution in [0.2, 0.25) is 0 Å². The number of carbonyl (C=O) groups is 1. The molecular formula is C18H27N5O3S. The normalized spacial score (nSPS) is 18.7. The van der Waals surface area contributed by atoms with Crippen molar-refractivity contribution in [1.29, 1.82) is 0 Å². The van der Waals surface area contributed by atoms with Crippen LogP contribution in [0.5, 0.6) is 0 Å². The molecule has 3 rings (SSSR count). The highest BCUT2D eigenvalue weighted by molar-refractivity contribution is 7.91. The standard InChI is InChI=1S/C18H27N5O3S/c1-5-22-14(4)16(13(3)21-22)6-7-18(24)19-17-10-12(2)20-23(17)15-8-9-27(25,26)11-15/h10,15H,5-9,11H2,1-4H3,(H,19,24)/t15-/m1/s1. The summed E-state index contributed by atoms with van der Waals surface area (Å²) in [4.78, 5) is 12.5. The van der Waals surface area contributed by atoms with Crippen molar-refractivity contribution < 1.29 is 13.2 Å². The summed E-state index contributed by atoms with van der Waals surface area (Å²) in [5.74, 6) is 0.701. The molecule has 1 amide bonds. The van der Waals surface area contributed by atoms with Crippen LogP contribution in [0.1, 0.15) is 48.5 Å². The minimum Gasteiger partial charge on any atom is -0.311 e. The molecule has 0 saturated carbocycles. The summed E-state index contributed by atoms with van der Waals surface area (Å²) >= 11 is 0. The summed E-state index contributed by atoms with van der Waals surface area (Å²) in [6.45, 7) is 8.67. The van der Waals surface area contributed by atoms with E-state index in [0.717, 1.165) is 29.2 Å². The molecule has 9 heteroatoms. The van der Waals surface area contributed by atoms with Gasteiger partial charge in [0, 0.05) is 24.7 Å². The summed E-state index contributed by atoms with van der Waals surface area (Å²) in [7, 11) is -3.02. The van der Waals surface area contributed by atoms with Crippen LogP contribution in [-0.4, -0.2) is 45.4 Å². The third-order valence-corrected chi connectivity index (χ3v) is 6.86. The number of nitrogens with zero attached hydrogens (tertiary/aromatic N) is 4. The monoisotopic (exact) mass is 393 g/mol. The summed E-state index contributed by atoms with van der Waals surface area (Å²) in [6.07, 6.45) is 1.49. The molecule has 0 unspecified atom stereocenters. The van der Waals surface area contributed by atoms with E-state index in [1.165, 1.54) is 0 Å². The first-order valence-corrected chi connectivity index (χ1v) is 11.1. The molecule has 1 aliphatic rings. The highest BCUT2D eigenvalue weighted by Gasteiger charge is 2.31. The van der Waals surface area contributed by atoms with Gasteiger partial charge >= 0.3 is 0 Å². The van der Waals surface area contributed by atoms with Crippen LogP contribution >= 0.6 is 0 Å². The van der Waals surface area contributed by atoms with Crippen LogP contribution in [0.4, 0.5) is 5.82 Å². The Labute approximate surface area is 159 Å². The smallest absolute Gasteiger partial charge is 0.225 e. The van der Waals surface area contributed by atoms with Crippen molar-refractivity contribution in [3.05, 3.63) is 28.7 Å². The number of carbonyl (C=O) groups excluding carboxylic acids is 1. The molecule has 1 fully saturated rings. The fraction of sp³-hybridized carbons (Fsp3) is 0.611. The third kappa shape index (κ3) is 4.23. The topological polar surface area (TPSA) is 98.9 Å². The molecule has 0 aliphatic carbocycles.